The van der Waals surface area contributed by atoms with Crippen LogP contribution in [-0.2, 0) is 9.59 Å². The van der Waals surface area contributed by atoms with Crippen molar-refractivity contribution in [1.82, 2.24) is 9.80 Å². The van der Waals surface area contributed by atoms with E-state index in [1.165, 1.54) is 0 Å². The van der Waals surface area contributed by atoms with Gasteiger partial charge in [-0.25, -0.2) is 0 Å². The fourth-order valence-corrected chi connectivity index (χ4v) is 2.03. The summed E-state index contributed by atoms with van der Waals surface area (Å²) in [7, 11) is 0. The monoisotopic (exact) mass is 250 g/mol. The Kier molecular flexibility index (Phi) is 6.23. The van der Waals surface area contributed by atoms with Crippen molar-refractivity contribution in [2.45, 2.75) is 32.6 Å². The van der Waals surface area contributed by atoms with Gasteiger partial charge in [0.1, 0.15) is 0 Å². The predicted molar refractivity (Wildman–Crippen MR) is 71.0 cm³/mol. The summed E-state index contributed by atoms with van der Waals surface area (Å²) >= 11 is 0. The molecular weight excluding hydrogens is 228 g/mol. The highest BCUT2D eigenvalue weighted by molar-refractivity contribution is 5.78. The van der Waals surface area contributed by atoms with Crippen LogP contribution >= 0.6 is 0 Å². The normalized spacial score (nSPS) is 15.2. The lowest BCUT2D eigenvalue weighted by Crippen LogP contribution is -2.50. The summed E-state index contributed by atoms with van der Waals surface area (Å²) in [5, 5.41) is 0. The first kappa shape index (κ1) is 14.5. The standard InChI is InChI=1S/C14H22N2O2/c1-3-5-6-8-14(18)16-11-9-15(10-12-16)13(17)7-4-2/h5H,1,4,6-12H2,2H3. The molecule has 0 aromatic heterocycles. The molecule has 1 fully saturated rings. The molecule has 0 atom stereocenters. The molecule has 1 aliphatic heterocycles. The van der Waals surface area contributed by atoms with Crippen molar-refractivity contribution in [2.75, 3.05) is 26.2 Å². The second-order valence-electron chi connectivity index (χ2n) is 4.46. The quantitative estimate of drug-likeness (QED) is 0.695. The van der Waals surface area contributed by atoms with Crippen LogP contribution in [0, 0.1) is 0 Å². The van der Waals surface area contributed by atoms with Gasteiger partial charge in [0, 0.05) is 39.0 Å². The van der Waals surface area contributed by atoms with Gasteiger partial charge in [-0.15, -0.1) is 5.73 Å². The number of nitrogens with zero attached hydrogens (tertiary/aromatic N) is 2. The molecule has 0 radical (unpaired) electrons. The number of amides is 2. The SMILES string of the molecule is C=C=CCCC(=O)N1CCN(C(=O)CCC)CC1. The number of rotatable bonds is 5. The average molecular weight is 250 g/mol. The Morgan fingerprint density at radius 2 is 1.61 bits per heavy atom. The van der Waals surface area contributed by atoms with Gasteiger partial charge in [0.2, 0.25) is 11.8 Å². The Morgan fingerprint density at radius 1 is 1.11 bits per heavy atom. The number of hydrogen-bond acceptors (Lipinski definition) is 2. The lowest BCUT2D eigenvalue weighted by Gasteiger charge is -2.34. The van der Waals surface area contributed by atoms with E-state index in [9.17, 15) is 9.59 Å². The molecule has 100 valence electrons. The molecule has 18 heavy (non-hydrogen) atoms. The Morgan fingerprint density at radius 3 is 2.06 bits per heavy atom. The molecule has 0 unspecified atom stereocenters. The van der Waals surface area contributed by atoms with Gasteiger partial charge in [-0.1, -0.05) is 13.5 Å². The van der Waals surface area contributed by atoms with E-state index >= 15 is 0 Å². The summed E-state index contributed by atoms with van der Waals surface area (Å²) in [4.78, 5) is 27.2. The van der Waals surface area contributed by atoms with Crippen LogP contribution in [0.4, 0.5) is 0 Å². The van der Waals surface area contributed by atoms with Crippen LogP contribution in [0.1, 0.15) is 32.6 Å². The van der Waals surface area contributed by atoms with E-state index in [-0.39, 0.29) is 11.8 Å². The molecule has 0 N–H and O–H groups in total. The lowest BCUT2D eigenvalue weighted by molar-refractivity contribution is -0.139. The van der Waals surface area contributed by atoms with Crippen molar-refractivity contribution in [3.8, 4) is 0 Å². The average Bonchev–Trinajstić information content (AvgIpc) is 2.39. The van der Waals surface area contributed by atoms with Crippen molar-refractivity contribution < 1.29 is 9.59 Å². The van der Waals surface area contributed by atoms with E-state index in [1.54, 1.807) is 6.08 Å². The van der Waals surface area contributed by atoms with E-state index in [2.05, 4.69) is 12.3 Å². The second kappa shape index (κ2) is 7.72. The Bertz CT molecular complexity index is 338. The molecule has 2 amide bonds. The molecule has 0 saturated carbocycles. The highest BCUT2D eigenvalue weighted by Crippen LogP contribution is 2.07. The van der Waals surface area contributed by atoms with Crippen molar-refractivity contribution in [1.29, 1.82) is 0 Å². The maximum absolute atomic E-state index is 11.8. The molecule has 1 saturated heterocycles. The zero-order valence-electron chi connectivity index (χ0n) is 11.2. The molecule has 0 aromatic carbocycles. The molecule has 0 aliphatic carbocycles. The second-order valence-corrected chi connectivity index (χ2v) is 4.46. The smallest absolute Gasteiger partial charge is 0.223 e. The van der Waals surface area contributed by atoms with Gasteiger partial charge in [-0.3, -0.25) is 9.59 Å². The van der Waals surface area contributed by atoms with Gasteiger partial charge in [0.15, 0.2) is 0 Å². The van der Waals surface area contributed by atoms with E-state index < -0.39 is 0 Å². The minimum Gasteiger partial charge on any atom is -0.339 e. The first-order valence-electron chi connectivity index (χ1n) is 6.59. The van der Waals surface area contributed by atoms with Crippen LogP contribution in [-0.4, -0.2) is 47.8 Å². The van der Waals surface area contributed by atoms with Crippen LogP contribution in [0.3, 0.4) is 0 Å². The highest BCUT2D eigenvalue weighted by Gasteiger charge is 2.22. The van der Waals surface area contributed by atoms with Crippen LogP contribution < -0.4 is 0 Å². The maximum atomic E-state index is 11.8. The molecule has 0 aromatic rings. The summed E-state index contributed by atoms with van der Waals surface area (Å²) in [6.45, 7) is 8.13. The van der Waals surface area contributed by atoms with Crippen LogP contribution in [0.15, 0.2) is 18.4 Å². The molecule has 1 rings (SSSR count). The fraction of sp³-hybridized carbons (Fsp3) is 0.643. The number of hydrogen-bond donors (Lipinski definition) is 0. The summed E-state index contributed by atoms with van der Waals surface area (Å²) < 4.78 is 0. The van der Waals surface area contributed by atoms with Crippen molar-refractivity contribution in [3.63, 3.8) is 0 Å². The van der Waals surface area contributed by atoms with Gasteiger partial charge < -0.3 is 9.80 Å². The summed E-state index contributed by atoms with van der Waals surface area (Å²) in [5.41, 5.74) is 2.66. The third-order valence-electron chi connectivity index (χ3n) is 3.10. The molecule has 4 heteroatoms. The van der Waals surface area contributed by atoms with Gasteiger partial charge >= 0.3 is 0 Å². The van der Waals surface area contributed by atoms with E-state index in [0.29, 0.717) is 45.4 Å². The van der Waals surface area contributed by atoms with Gasteiger partial charge in [0.05, 0.1) is 0 Å². The first-order chi connectivity index (χ1) is 8.69. The van der Waals surface area contributed by atoms with Crippen LogP contribution in [0.25, 0.3) is 0 Å². The van der Waals surface area contributed by atoms with Gasteiger partial charge in [-0.2, -0.15) is 0 Å². The Labute approximate surface area is 109 Å². The van der Waals surface area contributed by atoms with Crippen molar-refractivity contribution >= 4 is 11.8 Å². The van der Waals surface area contributed by atoms with E-state index in [1.807, 2.05) is 16.7 Å². The first-order valence-corrected chi connectivity index (χ1v) is 6.59. The summed E-state index contributed by atoms with van der Waals surface area (Å²) in [6.07, 6.45) is 4.46. The molecule has 1 aliphatic rings. The van der Waals surface area contributed by atoms with E-state index in [4.69, 9.17) is 0 Å². The van der Waals surface area contributed by atoms with Crippen LogP contribution in [0.5, 0.6) is 0 Å². The predicted octanol–water partition coefficient (Wildman–Crippen LogP) is 1.58. The maximum Gasteiger partial charge on any atom is 0.223 e. The van der Waals surface area contributed by atoms with E-state index in [0.717, 1.165) is 6.42 Å². The Hall–Kier alpha value is -1.54. The number of allylic oxidation sites excluding steroid dienone is 1. The van der Waals surface area contributed by atoms with Crippen molar-refractivity contribution in [3.05, 3.63) is 18.4 Å². The third-order valence-corrected chi connectivity index (χ3v) is 3.10. The number of piperazine rings is 1. The fourth-order valence-electron chi connectivity index (χ4n) is 2.03. The minimum absolute atomic E-state index is 0.157. The highest BCUT2D eigenvalue weighted by atomic mass is 16.2. The van der Waals surface area contributed by atoms with Crippen LogP contribution in [0.2, 0.25) is 0 Å². The lowest BCUT2D eigenvalue weighted by atomic mass is 10.2. The largest absolute Gasteiger partial charge is 0.339 e. The molecule has 0 spiro atoms. The number of carbonyl (C=O) groups excluding carboxylic acids is 2. The zero-order valence-corrected chi connectivity index (χ0v) is 11.2. The topological polar surface area (TPSA) is 40.6 Å². The zero-order chi connectivity index (χ0) is 13.4. The molecule has 1 heterocycles. The van der Waals surface area contributed by atoms with Gasteiger partial charge in [0.25, 0.3) is 0 Å². The summed E-state index contributed by atoms with van der Waals surface area (Å²) in [5.74, 6) is 0.364. The number of carbonyl (C=O) groups is 2. The van der Waals surface area contributed by atoms with Crippen molar-refractivity contribution in [2.24, 2.45) is 0 Å². The van der Waals surface area contributed by atoms with Gasteiger partial charge in [-0.05, 0) is 18.9 Å². The minimum atomic E-state index is 0.157. The molecular formula is C14H22N2O2. The third kappa shape index (κ3) is 4.38. The Balaban J connectivity index is 2.32. The summed E-state index contributed by atoms with van der Waals surface area (Å²) in [6, 6.07) is 0. The molecule has 0 bridgehead atoms. The molecule has 4 nitrogen and oxygen atoms in total.